The Bertz CT molecular complexity index is 2780. The lowest BCUT2D eigenvalue weighted by Gasteiger charge is -2.21. The molecule has 10 rings (SSSR count). The molecule has 254 valence electrons. The first-order valence-electron chi connectivity index (χ1n) is 18.1. The van der Waals surface area contributed by atoms with E-state index >= 15 is 0 Å². The third kappa shape index (κ3) is 5.15. The van der Waals surface area contributed by atoms with Gasteiger partial charge in [-0.3, -0.25) is 18.7 Å². The van der Waals surface area contributed by atoms with E-state index < -0.39 is 0 Å². The minimum absolute atomic E-state index is 0.141. The summed E-state index contributed by atoms with van der Waals surface area (Å²) in [5.41, 5.74) is 10.8. The van der Waals surface area contributed by atoms with Crippen LogP contribution in [0.25, 0.3) is 88.5 Å². The summed E-state index contributed by atoms with van der Waals surface area (Å²) in [7, 11) is 0. The molecule has 0 atom stereocenters. The van der Waals surface area contributed by atoms with Crippen molar-refractivity contribution in [1.29, 1.82) is 0 Å². The van der Waals surface area contributed by atoms with Gasteiger partial charge in [-0.2, -0.15) is 0 Å². The number of benzene rings is 8. The molecule has 0 aliphatic heterocycles. The van der Waals surface area contributed by atoms with E-state index in [1.165, 1.54) is 0 Å². The zero-order valence-corrected chi connectivity index (χ0v) is 29.2. The van der Waals surface area contributed by atoms with Gasteiger partial charge in [0.2, 0.25) is 0 Å². The van der Waals surface area contributed by atoms with Gasteiger partial charge in [0.05, 0.1) is 33.2 Å². The number of hydrogen-bond donors (Lipinski definition) is 0. The summed E-state index contributed by atoms with van der Waals surface area (Å²) in [6, 6.07) is 65.0. The molecular formula is C50H32N2O2. The van der Waals surface area contributed by atoms with E-state index in [9.17, 15) is 9.59 Å². The Labute approximate surface area is 311 Å². The topological polar surface area (TPSA) is 44.0 Å². The number of nitrogens with zero attached hydrogens (tertiary/aromatic N) is 2. The summed E-state index contributed by atoms with van der Waals surface area (Å²) in [5, 5.41) is 2.66. The van der Waals surface area contributed by atoms with Crippen molar-refractivity contribution in [2.24, 2.45) is 0 Å². The molecule has 10 aromatic rings. The maximum Gasteiger partial charge on any atom is 0.263 e. The van der Waals surface area contributed by atoms with Gasteiger partial charge >= 0.3 is 0 Å². The molecule has 0 saturated carbocycles. The lowest BCUT2D eigenvalue weighted by atomic mass is 9.96. The maximum atomic E-state index is 15.0. The van der Waals surface area contributed by atoms with Crippen molar-refractivity contribution in [3.05, 3.63) is 215 Å². The highest BCUT2D eigenvalue weighted by molar-refractivity contribution is 6.21. The standard InChI is InChI=1S/C50H32N2O2/c53-49-43-23-14-26-46-48(43)47-44(50(54)52(46)42-31-39(35-19-9-3-10-20-35)28-40(32-42)36-21-11-4-12-22-36)24-13-25-45(47)51(49)41-29-37(33-15-5-1-6-16-33)27-38(30-41)34-17-7-2-8-18-34/h1-32H. The van der Waals surface area contributed by atoms with Crippen LogP contribution in [0.5, 0.6) is 0 Å². The smallest absolute Gasteiger partial charge is 0.263 e. The van der Waals surface area contributed by atoms with E-state index in [0.717, 1.165) is 66.7 Å². The third-order valence-corrected chi connectivity index (χ3v) is 10.5. The van der Waals surface area contributed by atoms with Crippen molar-refractivity contribution < 1.29 is 0 Å². The van der Waals surface area contributed by atoms with Crippen molar-refractivity contribution in [1.82, 2.24) is 9.13 Å². The van der Waals surface area contributed by atoms with E-state index in [4.69, 9.17) is 0 Å². The third-order valence-electron chi connectivity index (χ3n) is 10.5. The Balaban J connectivity index is 1.28. The molecule has 0 saturated heterocycles. The first-order valence-corrected chi connectivity index (χ1v) is 18.1. The van der Waals surface area contributed by atoms with Gasteiger partial charge in [0.15, 0.2) is 0 Å². The van der Waals surface area contributed by atoms with Crippen LogP contribution in [-0.2, 0) is 0 Å². The van der Waals surface area contributed by atoms with Crippen LogP contribution in [0.1, 0.15) is 0 Å². The lowest BCUT2D eigenvalue weighted by Crippen LogP contribution is -2.24. The molecule has 0 aliphatic rings. The van der Waals surface area contributed by atoms with Crippen LogP contribution in [0.3, 0.4) is 0 Å². The van der Waals surface area contributed by atoms with Crippen molar-refractivity contribution in [2.75, 3.05) is 0 Å². The van der Waals surface area contributed by atoms with Crippen LogP contribution >= 0.6 is 0 Å². The Kier molecular flexibility index (Phi) is 7.41. The SMILES string of the molecule is O=c1c2cccc3c2c2c(cccc2n1-c1cc(-c2ccccc2)cc(-c2ccccc2)c1)c(=O)n3-c1cc(-c2ccccc2)cc(-c2ccccc2)c1. The van der Waals surface area contributed by atoms with Crippen LogP contribution in [0, 0.1) is 0 Å². The molecule has 4 heteroatoms. The fourth-order valence-corrected chi connectivity index (χ4v) is 7.98. The average Bonchev–Trinajstić information content (AvgIpc) is 3.24. The van der Waals surface area contributed by atoms with Crippen molar-refractivity contribution in [2.45, 2.75) is 0 Å². The maximum absolute atomic E-state index is 15.0. The molecular weight excluding hydrogens is 661 g/mol. The number of hydrogen-bond acceptors (Lipinski definition) is 2. The largest absolute Gasteiger partial charge is 0.276 e. The molecule has 0 amide bonds. The monoisotopic (exact) mass is 692 g/mol. The molecule has 4 nitrogen and oxygen atoms in total. The van der Waals surface area contributed by atoms with E-state index in [0.29, 0.717) is 21.8 Å². The first-order chi connectivity index (χ1) is 26.6. The van der Waals surface area contributed by atoms with Crippen LogP contribution in [0.4, 0.5) is 0 Å². The molecule has 0 bridgehead atoms. The zero-order valence-electron chi connectivity index (χ0n) is 29.2. The van der Waals surface area contributed by atoms with Gasteiger partial charge < -0.3 is 0 Å². The normalized spacial score (nSPS) is 11.5. The molecule has 0 aliphatic carbocycles. The van der Waals surface area contributed by atoms with Gasteiger partial charge in [0.25, 0.3) is 11.1 Å². The molecule has 0 unspecified atom stereocenters. The molecule has 0 fully saturated rings. The molecule has 8 aromatic carbocycles. The Hall–Kier alpha value is -7.30. The predicted octanol–water partition coefficient (Wildman–Crippen LogP) is 11.6. The summed E-state index contributed by atoms with van der Waals surface area (Å²) >= 11 is 0. The Morgan fingerprint density at radius 3 is 0.870 bits per heavy atom. The van der Waals surface area contributed by atoms with Crippen LogP contribution in [0.15, 0.2) is 204 Å². The van der Waals surface area contributed by atoms with Gasteiger partial charge in [0, 0.05) is 10.8 Å². The van der Waals surface area contributed by atoms with Crippen LogP contribution < -0.4 is 11.1 Å². The second-order valence-electron chi connectivity index (χ2n) is 13.7. The fourth-order valence-electron chi connectivity index (χ4n) is 7.98. The second kappa shape index (κ2) is 12.7. The first kappa shape index (κ1) is 31.4. The van der Waals surface area contributed by atoms with E-state index in [-0.39, 0.29) is 11.1 Å². The molecule has 0 spiro atoms. The second-order valence-corrected chi connectivity index (χ2v) is 13.7. The number of aromatic nitrogens is 2. The highest BCUT2D eigenvalue weighted by Crippen LogP contribution is 2.37. The number of rotatable bonds is 6. The van der Waals surface area contributed by atoms with Gasteiger partial charge in [0.1, 0.15) is 0 Å². The molecule has 0 radical (unpaired) electrons. The van der Waals surface area contributed by atoms with Crippen molar-refractivity contribution in [3.8, 4) is 55.9 Å². The molecule has 54 heavy (non-hydrogen) atoms. The fraction of sp³-hybridized carbons (Fsp3) is 0. The summed E-state index contributed by atoms with van der Waals surface area (Å²) in [4.78, 5) is 30.0. The van der Waals surface area contributed by atoms with Crippen LogP contribution in [-0.4, -0.2) is 9.13 Å². The molecule has 2 heterocycles. The quantitative estimate of drug-likeness (QED) is 0.163. The summed E-state index contributed by atoms with van der Waals surface area (Å²) in [5.74, 6) is 0. The Morgan fingerprint density at radius 2 is 0.574 bits per heavy atom. The van der Waals surface area contributed by atoms with Gasteiger partial charge in [-0.25, -0.2) is 0 Å². The number of pyridine rings is 2. The Morgan fingerprint density at radius 1 is 0.278 bits per heavy atom. The van der Waals surface area contributed by atoms with Crippen LogP contribution in [0.2, 0.25) is 0 Å². The minimum Gasteiger partial charge on any atom is -0.276 e. The highest BCUT2D eigenvalue weighted by atomic mass is 16.1. The van der Waals surface area contributed by atoms with Gasteiger partial charge in [-0.05, 0) is 105 Å². The average molecular weight is 693 g/mol. The van der Waals surface area contributed by atoms with E-state index in [1.807, 2.05) is 109 Å². The summed E-state index contributed by atoms with van der Waals surface area (Å²) < 4.78 is 3.58. The lowest BCUT2D eigenvalue weighted by molar-refractivity contribution is 1.05. The molecule has 0 N–H and O–H groups in total. The van der Waals surface area contributed by atoms with Crippen molar-refractivity contribution >= 4 is 32.6 Å². The molecule has 2 aromatic heterocycles. The highest BCUT2D eigenvalue weighted by Gasteiger charge is 2.22. The summed E-state index contributed by atoms with van der Waals surface area (Å²) in [6.07, 6.45) is 0. The van der Waals surface area contributed by atoms with Gasteiger partial charge in [-0.1, -0.05) is 133 Å². The zero-order chi connectivity index (χ0) is 36.2. The van der Waals surface area contributed by atoms with E-state index in [1.54, 1.807) is 9.13 Å². The van der Waals surface area contributed by atoms with E-state index in [2.05, 4.69) is 84.9 Å². The summed E-state index contributed by atoms with van der Waals surface area (Å²) in [6.45, 7) is 0. The van der Waals surface area contributed by atoms with Gasteiger partial charge in [-0.15, -0.1) is 0 Å². The minimum atomic E-state index is -0.141. The van der Waals surface area contributed by atoms with Crippen molar-refractivity contribution in [3.63, 3.8) is 0 Å². The predicted molar refractivity (Wildman–Crippen MR) is 223 cm³/mol.